The molecule has 0 amide bonds. The van der Waals surface area contributed by atoms with Crippen molar-refractivity contribution in [1.82, 2.24) is 4.52 Å². The van der Waals surface area contributed by atoms with Gasteiger partial charge in [0.15, 0.2) is 0 Å². The third-order valence-corrected chi connectivity index (χ3v) is 5.75. The summed E-state index contributed by atoms with van der Waals surface area (Å²) in [6.07, 6.45) is 2.19. The Labute approximate surface area is 143 Å². The summed E-state index contributed by atoms with van der Waals surface area (Å²) in [7, 11) is 0. The van der Waals surface area contributed by atoms with E-state index in [1.165, 1.54) is 44.4 Å². The molecule has 7 rings (SSSR count). The molecular weight excluding hydrogens is 308 g/mol. The zero-order chi connectivity index (χ0) is 16.1. The van der Waals surface area contributed by atoms with Gasteiger partial charge in [0.25, 0.3) is 6.67 Å². The lowest BCUT2D eigenvalue weighted by atomic mass is 10.0. The summed E-state index contributed by atoms with van der Waals surface area (Å²) in [5.41, 5.74) is 5.32. The molecule has 2 aromatic carbocycles. The first-order valence-corrected chi connectivity index (χ1v) is 8.71. The van der Waals surface area contributed by atoms with E-state index < -0.39 is 0 Å². The van der Waals surface area contributed by atoms with Crippen LogP contribution >= 0.6 is 0 Å². The highest BCUT2D eigenvalue weighted by Gasteiger charge is 2.46. The predicted molar refractivity (Wildman–Crippen MR) is 92.9 cm³/mol. The van der Waals surface area contributed by atoms with Crippen LogP contribution in [0.25, 0.3) is 38.8 Å². The molecule has 0 N–H and O–H groups in total. The summed E-state index contributed by atoms with van der Waals surface area (Å²) in [5, 5.41) is 4.11. The van der Waals surface area contributed by atoms with Gasteiger partial charge in [-0.1, -0.05) is 36.4 Å². The van der Waals surface area contributed by atoms with E-state index in [0.29, 0.717) is 0 Å². The van der Waals surface area contributed by atoms with Crippen LogP contribution in [-0.2, 0) is 13.2 Å². The van der Waals surface area contributed by atoms with Crippen molar-refractivity contribution in [2.75, 3.05) is 0 Å². The SMILES string of the molecule is c1ccc(-c2[n+]3c4c5c(cccc5c5ccc[n+]6c5n4[n+]2C6)C3)cc1. The molecule has 4 nitrogen and oxygen atoms in total. The van der Waals surface area contributed by atoms with E-state index in [1.807, 2.05) is 0 Å². The number of rotatable bonds is 1. The van der Waals surface area contributed by atoms with E-state index >= 15 is 0 Å². The van der Waals surface area contributed by atoms with Gasteiger partial charge in [0.2, 0.25) is 0 Å². The molecule has 5 heterocycles. The highest BCUT2D eigenvalue weighted by atomic mass is 15.5. The smallest absolute Gasteiger partial charge is 0.181 e. The van der Waals surface area contributed by atoms with Crippen molar-refractivity contribution >= 4 is 27.5 Å². The number of nitrogens with zero attached hydrogens (tertiary/aromatic N) is 4. The Bertz CT molecular complexity index is 1290. The molecule has 5 aromatic rings. The molecule has 3 aromatic heterocycles. The summed E-state index contributed by atoms with van der Waals surface area (Å²) in [5.74, 6) is 1.29. The standard InChI is InChI=1S/C21H15N4/c1-2-6-14(7-3-1)19-23-12-15-8-4-9-16-17-10-5-11-22-13-24(19)25(20(17)22)21(23)18(15)16/h1-11H,12-13H2/q+3. The third kappa shape index (κ3) is 1.24. The van der Waals surface area contributed by atoms with E-state index in [0.717, 1.165) is 13.2 Å². The molecule has 0 atom stereocenters. The first-order valence-electron chi connectivity index (χ1n) is 8.71. The van der Waals surface area contributed by atoms with Crippen molar-refractivity contribution in [2.24, 2.45) is 0 Å². The summed E-state index contributed by atoms with van der Waals surface area (Å²) in [6.45, 7) is 1.81. The van der Waals surface area contributed by atoms with Gasteiger partial charge in [-0.3, -0.25) is 0 Å². The normalized spacial score (nSPS) is 14.1. The summed E-state index contributed by atoms with van der Waals surface area (Å²) >= 11 is 0. The molecule has 0 radical (unpaired) electrons. The fourth-order valence-electron chi connectivity index (χ4n) is 4.83. The predicted octanol–water partition coefficient (Wildman–Crippen LogP) is 1.96. The lowest BCUT2D eigenvalue weighted by Gasteiger charge is -1.98. The van der Waals surface area contributed by atoms with E-state index in [9.17, 15) is 0 Å². The Balaban J connectivity index is 1.82. The molecule has 0 aliphatic carbocycles. The topological polar surface area (TPSA) is 16.1 Å². The van der Waals surface area contributed by atoms with Crippen LogP contribution in [0.15, 0.2) is 66.9 Å². The maximum absolute atomic E-state index is 2.49. The number of pyridine rings is 2. The van der Waals surface area contributed by atoms with Crippen LogP contribution in [0.1, 0.15) is 5.56 Å². The van der Waals surface area contributed by atoms with Crippen molar-refractivity contribution in [3.05, 3.63) is 72.4 Å². The van der Waals surface area contributed by atoms with Crippen molar-refractivity contribution in [2.45, 2.75) is 13.2 Å². The van der Waals surface area contributed by atoms with E-state index in [2.05, 4.69) is 85.2 Å². The molecule has 0 saturated heterocycles. The first-order chi connectivity index (χ1) is 12.4. The molecule has 2 aliphatic rings. The van der Waals surface area contributed by atoms with E-state index in [1.54, 1.807) is 0 Å². The molecule has 0 bridgehead atoms. The minimum absolute atomic E-state index is 0.858. The van der Waals surface area contributed by atoms with Crippen molar-refractivity contribution in [3.8, 4) is 11.4 Å². The van der Waals surface area contributed by atoms with Crippen LogP contribution < -0.4 is 13.8 Å². The van der Waals surface area contributed by atoms with Crippen molar-refractivity contribution in [3.63, 3.8) is 0 Å². The van der Waals surface area contributed by atoms with Gasteiger partial charge in [0.1, 0.15) is 6.54 Å². The van der Waals surface area contributed by atoms with Gasteiger partial charge in [0, 0.05) is 20.1 Å². The average Bonchev–Trinajstić information content (AvgIpc) is 3.29. The van der Waals surface area contributed by atoms with E-state index in [-0.39, 0.29) is 0 Å². The van der Waals surface area contributed by atoms with Crippen LogP contribution in [0.3, 0.4) is 0 Å². The highest BCUT2D eigenvalue weighted by Crippen LogP contribution is 2.34. The van der Waals surface area contributed by atoms with Crippen LogP contribution in [0, 0.1) is 0 Å². The largest absolute Gasteiger partial charge is 0.389 e. The van der Waals surface area contributed by atoms with Gasteiger partial charge >= 0.3 is 17.1 Å². The average molecular weight is 323 g/mol. The summed E-state index contributed by atoms with van der Waals surface area (Å²) < 4.78 is 9.69. The van der Waals surface area contributed by atoms with Gasteiger partial charge in [0.05, 0.1) is 22.5 Å². The molecule has 0 spiro atoms. The molecule has 0 unspecified atom stereocenters. The molecule has 4 heteroatoms. The van der Waals surface area contributed by atoms with Gasteiger partial charge in [-0.25, -0.2) is 0 Å². The van der Waals surface area contributed by atoms with Gasteiger partial charge in [-0.15, -0.1) is 4.57 Å². The quantitative estimate of drug-likeness (QED) is 0.324. The Morgan fingerprint density at radius 1 is 0.800 bits per heavy atom. The monoisotopic (exact) mass is 323 g/mol. The molecule has 0 saturated carbocycles. The second-order valence-corrected chi connectivity index (χ2v) is 7.01. The molecule has 2 aliphatic heterocycles. The second kappa shape index (κ2) is 3.86. The second-order valence-electron chi connectivity index (χ2n) is 7.01. The fourth-order valence-corrected chi connectivity index (χ4v) is 4.83. The zero-order valence-corrected chi connectivity index (χ0v) is 13.6. The maximum atomic E-state index is 2.49. The van der Waals surface area contributed by atoms with Crippen LogP contribution in [0.2, 0.25) is 0 Å². The summed E-state index contributed by atoms with van der Waals surface area (Å²) in [4.78, 5) is 0. The Morgan fingerprint density at radius 2 is 1.68 bits per heavy atom. The van der Waals surface area contributed by atoms with Gasteiger partial charge < -0.3 is 0 Å². The molecule has 116 valence electrons. The van der Waals surface area contributed by atoms with Crippen molar-refractivity contribution < 1.29 is 13.8 Å². The number of aromatic nitrogens is 4. The van der Waals surface area contributed by atoms with Crippen LogP contribution in [0.5, 0.6) is 0 Å². The lowest BCUT2D eigenvalue weighted by molar-refractivity contribution is -0.915. The zero-order valence-electron chi connectivity index (χ0n) is 13.6. The number of fused-ring (bicyclic) bond motifs is 1. The number of hydrogen-bond donors (Lipinski definition) is 0. The van der Waals surface area contributed by atoms with E-state index in [4.69, 9.17) is 0 Å². The van der Waals surface area contributed by atoms with Crippen molar-refractivity contribution in [1.29, 1.82) is 0 Å². The minimum atomic E-state index is 0.858. The lowest BCUT2D eigenvalue weighted by Crippen LogP contribution is -2.51. The molecule has 25 heavy (non-hydrogen) atoms. The third-order valence-electron chi connectivity index (χ3n) is 5.75. The van der Waals surface area contributed by atoms with Crippen LogP contribution in [0.4, 0.5) is 0 Å². The molecular formula is C21H15N4+3. The fraction of sp³-hybridized carbons (Fsp3) is 0.0952. The first kappa shape index (κ1) is 12.1. The Morgan fingerprint density at radius 3 is 2.60 bits per heavy atom. The van der Waals surface area contributed by atoms with Crippen LogP contribution in [-0.4, -0.2) is 4.52 Å². The number of hydrogen-bond acceptors (Lipinski definition) is 0. The van der Waals surface area contributed by atoms with Gasteiger partial charge in [-0.05, 0) is 24.3 Å². The highest BCUT2D eigenvalue weighted by molar-refractivity contribution is 6.10. The summed E-state index contributed by atoms with van der Waals surface area (Å²) in [6, 6.07) is 21.9. The number of benzene rings is 2. The van der Waals surface area contributed by atoms with Gasteiger partial charge in [-0.2, -0.15) is 4.57 Å². The minimum Gasteiger partial charge on any atom is -0.181 e. The maximum Gasteiger partial charge on any atom is 0.389 e. The molecule has 0 fully saturated rings. The Kier molecular flexibility index (Phi) is 1.87. The Hall–Kier alpha value is -3.27.